The minimum atomic E-state index is -0.583. The third kappa shape index (κ3) is 2.65. The van der Waals surface area contributed by atoms with E-state index >= 15 is 0 Å². The number of nitrogens with one attached hydrogen (secondary N) is 1. The first-order valence-electron chi connectivity index (χ1n) is 5.70. The number of hydrogen-bond acceptors (Lipinski definition) is 6. The molecule has 0 unspecified atom stereocenters. The Morgan fingerprint density at radius 3 is 2.79 bits per heavy atom. The molecule has 0 aliphatic rings. The van der Waals surface area contributed by atoms with Crippen LogP contribution in [-0.4, -0.2) is 16.0 Å². The topological polar surface area (TPSA) is 120 Å². The van der Waals surface area contributed by atoms with Gasteiger partial charge in [0.25, 0.3) is 5.91 Å². The summed E-state index contributed by atoms with van der Waals surface area (Å²) in [5.74, 6) is 0.679. The van der Waals surface area contributed by atoms with Gasteiger partial charge in [-0.3, -0.25) is 4.79 Å². The second kappa shape index (κ2) is 4.97. The third-order valence-electron chi connectivity index (χ3n) is 2.83. The van der Waals surface area contributed by atoms with Gasteiger partial charge < -0.3 is 21.3 Å². The first kappa shape index (κ1) is 12.9. The first-order valence-corrected chi connectivity index (χ1v) is 5.70. The summed E-state index contributed by atoms with van der Waals surface area (Å²) in [6.45, 7) is 4.19. The Bertz CT molecular complexity index is 601. The predicted octanol–water partition coefficient (Wildman–Crippen LogP) is 0.980. The number of nitrogen functional groups attached to an aromatic ring is 1. The van der Waals surface area contributed by atoms with Gasteiger partial charge in [-0.15, -0.1) is 0 Å². The molecule has 0 bridgehead atoms. The summed E-state index contributed by atoms with van der Waals surface area (Å²) in [7, 11) is 0. The van der Waals surface area contributed by atoms with Crippen LogP contribution in [0.4, 0.5) is 11.5 Å². The minimum absolute atomic E-state index is 0.247. The van der Waals surface area contributed by atoms with Crippen LogP contribution >= 0.6 is 0 Å². The number of primary amides is 1. The second-order valence-electron chi connectivity index (χ2n) is 4.18. The van der Waals surface area contributed by atoms with E-state index in [-0.39, 0.29) is 11.3 Å². The molecule has 19 heavy (non-hydrogen) atoms. The molecule has 0 aliphatic heterocycles. The number of hydrogen-bond donors (Lipinski definition) is 3. The molecule has 0 saturated carbocycles. The fourth-order valence-corrected chi connectivity index (χ4v) is 1.71. The van der Waals surface area contributed by atoms with Gasteiger partial charge in [0, 0.05) is 12.1 Å². The van der Waals surface area contributed by atoms with Crippen molar-refractivity contribution in [2.75, 3.05) is 11.1 Å². The first-order chi connectivity index (χ1) is 8.99. The fourth-order valence-electron chi connectivity index (χ4n) is 1.71. The summed E-state index contributed by atoms with van der Waals surface area (Å²) in [6.07, 6.45) is 1.40. The molecule has 7 heteroatoms. The summed E-state index contributed by atoms with van der Waals surface area (Å²) in [5.41, 5.74) is 13.1. The molecule has 0 fully saturated rings. The number of carbonyl (C=O) groups excluding carboxylic acids is 1. The summed E-state index contributed by atoms with van der Waals surface area (Å²) < 4.78 is 5.06. The van der Waals surface area contributed by atoms with Gasteiger partial charge in [-0.1, -0.05) is 5.16 Å². The van der Waals surface area contributed by atoms with E-state index in [9.17, 15) is 4.79 Å². The number of nitrogens with zero attached hydrogens (tertiary/aromatic N) is 2. The lowest BCUT2D eigenvalue weighted by Crippen LogP contribution is -2.14. The molecule has 2 heterocycles. The van der Waals surface area contributed by atoms with Crippen molar-refractivity contribution >= 4 is 17.4 Å². The molecule has 5 N–H and O–H groups in total. The molecule has 0 radical (unpaired) electrons. The second-order valence-corrected chi connectivity index (χ2v) is 4.18. The van der Waals surface area contributed by atoms with Gasteiger partial charge >= 0.3 is 0 Å². The Hall–Kier alpha value is -2.57. The van der Waals surface area contributed by atoms with Gasteiger partial charge in [-0.05, 0) is 19.9 Å². The highest BCUT2D eigenvalue weighted by Gasteiger charge is 2.11. The Morgan fingerprint density at radius 1 is 1.47 bits per heavy atom. The number of aryl methyl sites for hydroxylation is 2. The van der Waals surface area contributed by atoms with Crippen molar-refractivity contribution < 1.29 is 9.32 Å². The third-order valence-corrected chi connectivity index (χ3v) is 2.83. The monoisotopic (exact) mass is 261 g/mol. The van der Waals surface area contributed by atoms with Crippen LogP contribution in [0, 0.1) is 13.8 Å². The number of pyridine rings is 1. The van der Waals surface area contributed by atoms with Crippen molar-refractivity contribution in [1.82, 2.24) is 10.1 Å². The molecule has 0 aliphatic carbocycles. The number of aromatic nitrogens is 2. The molecule has 100 valence electrons. The van der Waals surface area contributed by atoms with Crippen molar-refractivity contribution in [3.05, 3.63) is 34.8 Å². The number of amides is 1. The molecule has 0 aromatic carbocycles. The van der Waals surface area contributed by atoms with Crippen molar-refractivity contribution in [2.24, 2.45) is 5.73 Å². The predicted molar refractivity (Wildman–Crippen MR) is 70.5 cm³/mol. The molecule has 0 atom stereocenters. The zero-order valence-electron chi connectivity index (χ0n) is 10.7. The highest BCUT2D eigenvalue weighted by Crippen LogP contribution is 2.17. The number of carbonyl (C=O) groups is 1. The van der Waals surface area contributed by atoms with Gasteiger partial charge in [0.05, 0.1) is 23.1 Å². The molecule has 2 aromatic rings. The number of nitrogens with two attached hydrogens (primary N) is 2. The molecular weight excluding hydrogens is 246 g/mol. The minimum Gasteiger partial charge on any atom is -0.397 e. The van der Waals surface area contributed by atoms with Gasteiger partial charge in [0.2, 0.25) is 0 Å². The van der Waals surface area contributed by atoms with E-state index < -0.39 is 5.91 Å². The van der Waals surface area contributed by atoms with Gasteiger partial charge in [0.1, 0.15) is 11.6 Å². The van der Waals surface area contributed by atoms with Crippen LogP contribution in [0.15, 0.2) is 16.8 Å². The Balaban J connectivity index is 2.16. The average Bonchev–Trinajstić information content (AvgIpc) is 2.68. The van der Waals surface area contributed by atoms with Crippen LogP contribution in [0.2, 0.25) is 0 Å². The van der Waals surface area contributed by atoms with Crippen molar-refractivity contribution in [1.29, 1.82) is 0 Å². The SMILES string of the molecule is Cc1noc(C)c1CNc1cc(C(N)=O)c(N)cn1. The van der Waals surface area contributed by atoms with Crippen LogP contribution in [-0.2, 0) is 6.54 Å². The lowest BCUT2D eigenvalue weighted by molar-refractivity contribution is 0.100. The maximum atomic E-state index is 11.2. The maximum Gasteiger partial charge on any atom is 0.250 e. The van der Waals surface area contributed by atoms with Gasteiger partial charge in [-0.25, -0.2) is 4.98 Å². The van der Waals surface area contributed by atoms with E-state index in [0.717, 1.165) is 17.0 Å². The molecule has 0 spiro atoms. The normalized spacial score (nSPS) is 10.4. The Kier molecular flexibility index (Phi) is 3.37. The summed E-state index contributed by atoms with van der Waals surface area (Å²) >= 11 is 0. The number of anilines is 2. The molecule has 2 rings (SSSR count). The smallest absolute Gasteiger partial charge is 0.250 e. The van der Waals surface area contributed by atoms with Crippen LogP contribution in [0.3, 0.4) is 0 Å². The van der Waals surface area contributed by atoms with Crippen molar-refractivity contribution in [3.8, 4) is 0 Å². The highest BCUT2D eigenvalue weighted by atomic mass is 16.5. The standard InChI is InChI=1S/C12H15N5O2/c1-6-9(7(2)19-17-6)4-15-11-3-8(12(14)18)10(13)5-16-11/h3,5H,4,13H2,1-2H3,(H2,14,18)(H,15,16). The van der Waals surface area contributed by atoms with Crippen LogP contribution in [0.1, 0.15) is 27.4 Å². The summed E-state index contributed by atoms with van der Waals surface area (Å²) in [5, 5.41) is 6.94. The summed E-state index contributed by atoms with van der Waals surface area (Å²) in [6, 6.07) is 1.52. The highest BCUT2D eigenvalue weighted by molar-refractivity contribution is 5.98. The van der Waals surface area contributed by atoms with Gasteiger partial charge in [-0.2, -0.15) is 0 Å². The zero-order chi connectivity index (χ0) is 14.0. The molecule has 0 saturated heterocycles. The zero-order valence-corrected chi connectivity index (χ0v) is 10.7. The van der Waals surface area contributed by atoms with E-state index in [0.29, 0.717) is 12.4 Å². The van der Waals surface area contributed by atoms with E-state index in [1.165, 1.54) is 12.3 Å². The van der Waals surface area contributed by atoms with E-state index in [1.807, 2.05) is 13.8 Å². The quantitative estimate of drug-likeness (QED) is 0.754. The maximum absolute atomic E-state index is 11.2. The van der Waals surface area contributed by atoms with Crippen molar-refractivity contribution in [2.45, 2.75) is 20.4 Å². The van der Waals surface area contributed by atoms with Crippen LogP contribution in [0.25, 0.3) is 0 Å². The lowest BCUT2D eigenvalue weighted by Gasteiger charge is -2.07. The molecular formula is C12H15N5O2. The van der Waals surface area contributed by atoms with E-state index in [4.69, 9.17) is 16.0 Å². The van der Waals surface area contributed by atoms with E-state index in [1.54, 1.807) is 0 Å². The molecule has 1 amide bonds. The Morgan fingerprint density at radius 2 is 2.21 bits per heavy atom. The largest absolute Gasteiger partial charge is 0.397 e. The van der Waals surface area contributed by atoms with E-state index in [2.05, 4.69) is 15.5 Å². The molecule has 2 aromatic heterocycles. The number of rotatable bonds is 4. The Labute approximate surface area is 110 Å². The van der Waals surface area contributed by atoms with Crippen LogP contribution in [0.5, 0.6) is 0 Å². The van der Waals surface area contributed by atoms with Crippen LogP contribution < -0.4 is 16.8 Å². The molecule has 7 nitrogen and oxygen atoms in total. The van der Waals surface area contributed by atoms with Gasteiger partial charge in [0.15, 0.2) is 0 Å². The fraction of sp³-hybridized carbons (Fsp3) is 0.250. The summed E-state index contributed by atoms with van der Waals surface area (Å²) in [4.78, 5) is 15.3. The lowest BCUT2D eigenvalue weighted by atomic mass is 10.2. The average molecular weight is 261 g/mol. The van der Waals surface area contributed by atoms with Crippen molar-refractivity contribution in [3.63, 3.8) is 0 Å².